The molecule has 1 aromatic carbocycles. The fraction of sp³-hybridized carbons (Fsp3) is 0.360. The number of carbonyl (C=O) groups excluding carboxylic acids is 2. The van der Waals surface area contributed by atoms with E-state index in [1.165, 1.54) is 0 Å². The molecule has 2 rings (SSSR count). The van der Waals surface area contributed by atoms with Crippen LogP contribution in [0.1, 0.15) is 25.1 Å². The van der Waals surface area contributed by atoms with E-state index in [1.54, 1.807) is 13.0 Å². The number of hydrogen-bond acceptors (Lipinski definition) is 12. The first-order chi connectivity index (χ1) is 17.8. The molecule has 37 heavy (non-hydrogen) atoms. The summed E-state index contributed by atoms with van der Waals surface area (Å²) in [4.78, 5) is 24.8. The van der Waals surface area contributed by atoms with Crippen LogP contribution in [0.25, 0.3) is 0 Å². The molecule has 0 aliphatic carbocycles. The van der Waals surface area contributed by atoms with E-state index in [2.05, 4.69) is 39.1 Å². The van der Waals surface area contributed by atoms with Gasteiger partial charge in [0.15, 0.2) is 5.00 Å². The molecule has 2 aromatic rings. The van der Waals surface area contributed by atoms with Gasteiger partial charge in [-0.25, -0.2) is 9.59 Å². The van der Waals surface area contributed by atoms with Crippen LogP contribution in [0.15, 0.2) is 53.7 Å². The van der Waals surface area contributed by atoms with Gasteiger partial charge in [-0.1, -0.05) is 13.2 Å². The number of esters is 2. The van der Waals surface area contributed by atoms with Gasteiger partial charge in [-0.2, -0.15) is 9.64 Å². The van der Waals surface area contributed by atoms with Gasteiger partial charge in [0, 0.05) is 17.8 Å². The third kappa shape index (κ3) is 9.47. The summed E-state index contributed by atoms with van der Waals surface area (Å²) in [5.41, 5.74) is 2.88. The Morgan fingerprint density at radius 3 is 2.41 bits per heavy atom. The van der Waals surface area contributed by atoms with Gasteiger partial charge < -0.3 is 24.4 Å². The summed E-state index contributed by atoms with van der Waals surface area (Å²) in [6.07, 6.45) is 2.19. The number of carbonyl (C=O) groups is 2. The second-order valence-corrected chi connectivity index (χ2v) is 8.48. The zero-order valence-electron chi connectivity index (χ0n) is 21.1. The Labute approximate surface area is 220 Å². The lowest BCUT2D eigenvalue weighted by atomic mass is 10.2. The van der Waals surface area contributed by atoms with Crippen molar-refractivity contribution in [3.63, 3.8) is 0 Å². The quantitative estimate of drug-likeness (QED) is 0.150. The molecule has 0 unspecified atom stereocenters. The van der Waals surface area contributed by atoms with Gasteiger partial charge in [-0.15, -0.1) is 10.2 Å². The highest BCUT2D eigenvalue weighted by Gasteiger charge is 2.14. The lowest BCUT2D eigenvalue weighted by Crippen LogP contribution is -2.32. The number of hydrogen-bond donors (Lipinski definition) is 1. The molecule has 0 aliphatic heterocycles. The lowest BCUT2D eigenvalue weighted by molar-refractivity contribution is -0.137. The summed E-state index contributed by atoms with van der Waals surface area (Å²) in [5, 5.41) is 21.5. The zero-order chi connectivity index (χ0) is 27.2. The van der Waals surface area contributed by atoms with Crippen LogP contribution in [-0.2, 0) is 23.8 Å². The first-order valence-corrected chi connectivity index (χ1v) is 12.2. The Balaban J connectivity index is 2.33. The van der Waals surface area contributed by atoms with Gasteiger partial charge in [0.1, 0.15) is 37.3 Å². The molecule has 1 N–H and O–H groups in total. The van der Waals surface area contributed by atoms with Crippen LogP contribution < -0.4 is 10.2 Å². The van der Waals surface area contributed by atoms with Crippen LogP contribution in [0, 0.1) is 18.3 Å². The van der Waals surface area contributed by atoms with Gasteiger partial charge in [0.2, 0.25) is 0 Å². The van der Waals surface area contributed by atoms with Crippen molar-refractivity contribution in [3.8, 4) is 6.07 Å². The predicted molar refractivity (Wildman–Crippen MR) is 141 cm³/mol. The fourth-order valence-corrected chi connectivity index (χ4v) is 3.57. The van der Waals surface area contributed by atoms with E-state index in [-0.39, 0.29) is 26.0 Å². The van der Waals surface area contributed by atoms with E-state index in [0.717, 1.165) is 29.4 Å². The van der Waals surface area contributed by atoms with Crippen LogP contribution in [0.4, 0.5) is 22.1 Å². The van der Waals surface area contributed by atoms with Crippen LogP contribution in [0.3, 0.4) is 0 Å². The minimum Gasteiger partial charge on any atom is -0.461 e. The van der Waals surface area contributed by atoms with Crippen LogP contribution in [0.5, 0.6) is 0 Å². The molecule has 0 radical (unpaired) electrons. The summed E-state index contributed by atoms with van der Waals surface area (Å²) in [5.74, 6) is -1.06. The number of rotatable bonds is 15. The SMILES string of the molecule is C=CC(=O)OCCN(CCOC(=O)C=C)c1ccc(/N=N/c2snc(C)c2C#N)c(NCOC(C)C)c1. The van der Waals surface area contributed by atoms with Gasteiger partial charge in [-0.05, 0) is 50.5 Å². The molecule has 11 nitrogen and oxygen atoms in total. The maximum Gasteiger partial charge on any atom is 0.330 e. The van der Waals surface area contributed by atoms with Crippen molar-refractivity contribution in [2.45, 2.75) is 26.9 Å². The van der Waals surface area contributed by atoms with Gasteiger partial charge in [0.05, 0.1) is 30.6 Å². The van der Waals surface area contributed by atoms with E-state index in [4.69, 9.17) is 14.2 Å². The minimum absolute atomic E-state index is 0.00899. The lowest BCUT2D eigenvalue weighted by Gasteiger charge is -2.25. The largest absolute Gasteiger partial charge is 0.461 e. The van der Waals surface area contributed by atoms with Crippen LogP contribution in [0.2, 0.25) is 0 Å². The monoisotopic (exact) mass is 526 g/mol. The smallest absolute Gasteiger partial charge is 0.330 e. The molecule has 0 saturated carbocycles. The Bertz CT molecular complexity index is 1140. The molecule has 12 heteroatoms. The van der Waals surface area contributed by atoms with Gasteiger partial charge in [0.25, 0.3) is 0 Å². The highest BCUT2D eigenvalue weighted by atomic mass is 32.1. The van der Waals surface area contributed by atoms with Crippen molar-refractivity contribution in [3.05, 3.63) is 54.8 Å². The molecule has 1 heterocycles. The second kappa shape index (κ2) is 15.1. The maximum atomic E-state index is 11.5. The minimum atomic E-state index is -0.531. The third-order valence-electron chi connectivity index (χ3n) is 4.77. The average Bonchev–Trinajstić information content (AvgIpc) is 3.25. The van der Waals surface area contributed by atoms with Crippen molar-refractivity contribution in [2.75, 3.05) is 43.3 Å². The molecule has 1 aromatic heterocycles. The average molecular weight is 527 g/mol. The Kier molecular flexibility index (Phi) is 11.9. The number of benzene rings is 1. The number of anilines is 2. The molecular weight excluding hydrogens is 496 g/mol. The summed E-state index contributed by atoms with van der Waals surface area (Å²) in [6.45, 7) is 13.5. The standard InChI is InChI=1S/C25H30N6O5S/c1-6-23(32)34-12-10-31(11-13-35-24(33)7-2)19-8-9-21(22(14-19)27-16-36-17(3)4)28-29-25-20(15-26)18(5)30-37-25/h6-9,14,17,27H,1-2,10-13,16H2,3-5H3/b29-28+. The van der Waals surface area contributed by atoms with Gasteiger partial charge in [-0.3, -0.25) is 0 Å². The third-order valence-corrected chi connectivity index (χ3v) is 5.60. The molecule has 0 saturated heterocycles. The maximum absolute atomic E-state index is 11.5. The molecule has 0 spiro atoms. The molecule has 0 amide bonds. The van der Waals surface area contributed by atoms with Crippen molar-refractivity contribution in [1.82, 2.24) is 4.37 Å². The van der Waals surface area contributed by atoms with Crippen molar-refractivity contribution in [1.29, 1.82) is 5.26 Å². The van der Waals surface area contributed by atoms with Crippen molar-refractivity contribution >= 4 is 45.5 Å². The highest BCUT2D eigenvalue weighted by Crippen LogP contribution is 2.34. The Morgan fingerprint density at radius 1 is 1.19 bits per heavy atom. The number of nitrogens with zero attached hydrogens (tertiary/aromatic N) is 5. The Morgan fingerprint density at radius 2 is 1.84 bits per heavy atom. The number of nitrogens with one attached hydrogen (secondary N) is 1. The van der Waals surface area contributed by atoms with E-state index < -0.39 is 11.9 Å². The number of azo groups is 1. The second-order valence-electron chi connectivity index (χ2n) is 7.73. The van der Waals surface area contributed by atoms with Crippen LogP contribution in [-0.4, -0.2) is 55.5 Å². The summed E-state index contributed by atoms with van der Waals surface area (Å²) >= 11 is 1.10. The summed E-state index contributed by atoms with van der Waals surface area (Å²) < 4.78 is 20.0. The number of aromatic nitrogens is 1. The topological polar surface area (TPSA) is 138 Å². The van der Waals surface area contributed by atoms with E-state index in [1.807, 2.05) is 30.9 Å². The first kappa shape index (κ1) is 29.2. The molecule has 0 fully saturated rings. The summed E-state index contributed by atoms with van der Waals surface area (Å²) in [7, 11) is 0. The molecular formula is C25H30N6O5S. The Hall–Kier alpha value is -4.08. The highest BCUT2D eigenvalue weighted by molar-refractivity contribution is 7.10. The fourth-order valence-electron chi connectivity index (χ4n) is 2.89. The summed E-state index contributed by atoms with van der Waals surface area (Å²) in [6, 6.07) is 7.51. The predicted octanol–water partition coefficient (Wildman–Crippen LogP) is 4.80. The molecule has 0 bridgehead atoms. The van der Waals surface area contributed by atoms with Crippen LogP contribution >= 0.6 is 11.5 Å². The van der Waals surface area contributed by atoms with Gasteiger partial charge >= 0.3 is 11.9 Å². The van der Waals surface area contributed by atoms with Crippen molar-refractivity contribution < 1.29 is 23.8 Å². The van der Waals surface area contributed by atoms with Crippen molar-refractivity contribution in [2.24, 2.45) is 10.2 Å². The first-order valence-electron chi connectivity index (χ1n) is 11.4. The molecule has 0 atom stereocenters. The van der Waals surface area contributed by atoms with E-state index in [0.29, 0.717) is 40.7 Å². The van der Waals surface area contributed by atoms with E-state index in [9.17, 15) is 14.9 Å². The van der Waals surface area contributed by atoms with E-state index >= 15 is 0 Å². The normalized spacial score (nSPS) is 10.7. The number of nitriles is 1. The zero-order valence-corrected chi connectivity index (χ0v) is 21.9. The molecule has 0 aliphatic rings. The number of ether oxygens (including phenoxy) is 3. The number of aryl methyl sites for hydroxylation is 1. The molecule has 196 valence electrons.